The van der Waals surface area contributed by atoms with E-state index in [-0.39, 0.29) is 0 Å². The highest BCUT2D eigenvalue weighted by Crippen LogP contribution is 2.18. The zero-order chi connectivity index (χ0) is 12.2. The van der Waals surface area contributed by atoms with Crippen molar-refractivity contribution in [3.05, 3.63) is 0 Å². The van der Waals surface area contributed by atoms with E-state index in [9.17, 15) is 0 Å². The number of likely N-dealkylation sites (N-methyl/N-ethyl adjacent to an activating group) is 1. The molecule has 1 rings (SSSR count). The quantitative estimate of drug-likeness (QED) is 0.766. The molecule has 0 aliphatic carbocycles. The van der Waals surface area contributed by atoms with Crippen LogP contribution in [-0.2, 0) is 0 Å². The van der Waals surface area contributed by atoms with Crippen LogP contribution in [0.1, 0.15) is 34.1 Å². The van der Waals surface area contributed by atoms with Gasteiger partial charge in [0.15, 0.2) is 0 Å². The zero-order valence-corrected chi connectivity index (χ0v) is 11.7. The van der Waals surface area contributed by atoms with E-state index < -0.39 is 0 Å². The minimum atomic E-state index is 0.333. The summed E-state index contributed by atoms with van der Waals surface area (Å²) in [4.78, 5) is 5.07. The molecule has 1 aliphatic heterocycles. The first-order chi connectivity index (χ1) is 7.45. The van der Waals surface area contributed by atoms with Crippen molar-refractivity contribution in [1.82, 2.24) is 15.1 Å². The summed E-state index contributed by atoms with van der Waals surface area (Å²) in [5, 5.41) is 3.48. The van der Waals surface area contributed by atoms with Gasteiger partial charge in [-0.05, 0) is 47.3 Å². The van der Waals surface area contributed by atoms with Crippen LogP contribution < -0.4 is 5.32 Å². The fourth-order valence-corrected chi connectivity index (χ4v) is 2.36. The Kier molecular flexibility index (Phi) is 5.22. The first-order valence-electron chi connectivity index (χ1n) is 6.62. The Morgan fingerprint density at radius 3 is 2.56 bits per heavy atom. The van der Waals surface area contributed by atoms with E-state index in [0.29, 0.717) is 11.6 Å². The predicted molar refractivity (Wildman–Crippen MR) is 70.9 cm³/mol. The maximum Gasteiger partial charge on any atom is 0.0277 e. The van der Waals surface area contributed by atoms with Crippen LogP contribution in [-0.4, -0.2) is 61.2 Å². The molecule has 3 nitrogen and oxygen atoms in total. The molecule has 96 valence electrons. The molecule has 0 spiro atoms. The minimum Gasteiger partial charge on any atom is -0.314 e. The third-order valence-electron chi connectivity index (χ3n) is 3.83. The molecular formula is C13H29N3. The Morgan fingerprint density at radius 1 is 1.31 bits per heavy atom. The van der Waals surface area contributed by atoms with E-state index >= 15 is 0 Å². The number of nitrogens with zero attached hydrogens (tertiary/aromatic N) is 2. The highest BCUT2D eigenvalue weighted by Gasteiger charge is 2.30. The monoisotopic (exact) mass is 227 g/mol. The number of rotatable bonds is 5. The van der Waals surface area contributed by atoms with Gasteiger partial charge in [-0.3, -0.25) is 4.90 Å². The molecule has 16 heavy (non-hydrogen) atoms. The standard InChI is InChI=1S/C13H29N3/c1-6-14-12(2)7-8-16-10-9-15(5)13(3,4)11-16/h12,14H,6-11H2,1-5H3. The van der Waals surface area contributed by atoms with E-state index in [1.165, 1.54) is 32.6 Å². The molecule has 0 aromatic heterocycles. The lowest BCUT2D eigenvalue weighted by molar-refractivity contribution is 0.0384. The smallest absolute Gasteiger partial charge is 0.0277 e. The van der Waals surface area contributed by atoms with Crippen LogP contribution in [0.15, 0.2) is 0 Å². The molecule has 0 radical (unpaired) electrons. The van der Waals surface area contributed by atoms with Crippen LogP contribution in [0.5, 0.6) is 0 Å². The van der Waals surface area contributed by atoms with Gasteiger partial charge in [0.2, 0.25) is 0 Å². The molecule has 1 atom stereocenters. The largest absolute Gasteiger partial charge is 0.314 e. The molecule has 0 aromatic rings. The van der Waals surface area contributed by atoms with Gasteiger partial charge >= 0.3 is 0 Å². The number of piperazine rings is 1. The second-order valence-electron chi connectivity index (χ2n) is 5.76. The molecule has 3 heteroatoms. The van der Waals surface area contributed by atoms with Crippen molar-refractivity contribution in [2.75, 3.05) is 39.8 Å². The van der Waals surface area contributed by atoms with Crippen LogP contribution in [0.2, 0.25) is 0 Å². The summed E-state index contributed by atoms with van der Waals surface area (Å²) in [6.45, 7) is 15.1. The molecule has 1 heterocycles. The molecule has 0 amide bonds. The molecule has 0 aromatic carbocycles. The Bertz CT molecular complexity index is 203. The fourth-order valence-electron chi connectivity index (χ4n) is 2.36. The summed E-state index contributed by atoms with van der Waals surface area (Å²) in [5.41, 5.74) is 0.333. The van der Waals surface area contributed by atoms with Crippen LogP contribution >= 0.6 is 0 Å². The van der Waals surface area contributed by atoms with Crippen molar-refractivity contribution in [3.63, 3.8) is 0 Å². The van der Waals surface area contributed by atoms with Crippen molar-refractivity contribution >= 4 is 0 Å². The number of hydrogen-bond acceptors (Lipinski definition) is 3. The van der Waals surface area contributed by atoms with Crippen molar-refractivity contribution in [1.29, 1.82) is 0 Å². The van der Waals surface area contributed by atoms with E-state index in [2.05, 4.69) is 49.9 Å². The average molecular weight is 227 g/mol. The van der Waals surface area contributed by atoms with Gasteiger partial charge in [-0.15, -0.1) is 0 Å². The summed E-state index contributed by atoms with van der Waals surface area (Å²) in [5.74, 6) is 0. The van der Waals surface area contributed by atoms with Gasteiger partial charge in [0.1, 0.15) is 0 Å². The molecule has 1 fully saturated rings. The van der Waals surface area contributed by atoms with Gasteiger partial charge in [0.25, 0.3) is 0 Å². The van der Waals surface area contributed by atoms with Crippen LogP contribution in [0.4, 0.5) is 0 Å². The molecule has 1 saturated heterocycles. The van der Waals surface area contributed by atoms with Gasteiger partial charge in [-0.2, -0.15) is 0 Å². The molecule has 0 bridgehead atoms. The van der Waals surface area contributed by atoms with Crippen molar-refractivity contribution in [2.45, 2.75) is 45.7 Å². The van der Waals surface area contributed by atoms with Gasteiger partial charge in [-0.1, -0.05) is 6.92 Å². The van der Waals surface area contributed by atoms with Gasteiger partial charge in [0.05, 0.1) is 0 Å². The van der Waals surface area contributed by atoms with E-state index in [4.69, 9.17) is 0 Å². The fraction of sp³-hybridized carbons (Fsp3) is 1.00. The van der Waals surface area contributed by atoms with E-state index in [1.807, 2.05) is 0 Å². The lowest BCUT2D eigenvalue weighted by atomic mass is 9.99. The first kappa shape index (κ1) is 13.9. The van der Waals surface area contributed by atoms with Crippen molar-refractivity contribution in [3.8, 4) is 0 Å². The molecule has 1 unspecified atom stereocenters. The maximum atomic E-state index is 3.48. The summed E-state index contributed by atoms with van der Waals surface area (Å²) in [6.07, 6.45) is 1.26. The minimum absolute atomic E-state index is 0.333. The average Bonchev–Trinajstić information content (AvgIpc) is 2.20. The second kappa shape index (κ2) is 5.99. The van der Waals surface area contributed by atoms with Crippen LogP contribution in [0.25, 0.3) is 0 Å². The molecule has 1 aliphatic rings. The second-order valence-corrected chi connectivity index (χ2v) is 5.76. The molecule has 1 N–H and O–H groups in total. The summed E-state index contributed by atoms with van der Waals surface area (Å²) in [7, 11) is 2.23. The van der Waals surface area contributed by atoms with Gasteiger partial charge in [-0.25, -0.2) is 0 Å². The summed E-state index contributed by atoms with van der Waals surface area (Å²) in [6, 6.07) is 0.646. The SMILES string of the molecule is CCNC(C)CCN1CCN(C)C(C)(C)C1. The van der Waals surface area contributed by atoms with Crippen molar-refractivity contribution < 1.29 is 0 Å². The van der Waals surface area contributed by atoms with Crippen LogP contribution in [0.3, 0.4) is 0 Å². The highest BCUT2D eigenvalue weighted by atomic mass is 15.3. The Hall–Kier alpha value is -0.120. The normalized spacial score (nSPS) is 24.6. The lowest BCUT2D eigenvalue weighted by Crippen LogP contribution is -2.57. The third kappa shape index (κ3) is 4.04. The van der Waals surface area contributed by atoms with E-state index in [0.717, 1.165) is 6.54 Å². The van der Waals surface area contributed by atoms with E-state index in [1.54, 1.807) is 0 Å². The zero-order valence-electron chi connectivity index (χ0n) is 11.7. The van der Waals surface area contributed by atoms with Crippen LogP contribution in [0, 0.1) is 0 Å². The van der Waals surface area contributed by atoms with Gasteiger partial charge < -0.3 is 10.2 Å². The number of hydrogen-bond donors (Lipinski definition) is 1. The summed E-state index contributed by atoms with van der Waals surface area (Å²) >= 11 is 0. The first-order valence-corrected chi connectivity index (χ1v) is 6.62. The Balaban J connectivity index is 2.29. The number of nitrogens with one attached hydrogen (secondary N) is 1. The Labute approximate surface area is 101 Å². The maximum absolute atomic E-state index is 3.48. The topological polar surface area (TPSA) is 18.5 Å². The highest BCUT2D eigenvalue weighted by molar-refractivity contribution is 4.88. The Morgan fingerprint density at radius 2 is 2.00 bits per heavy atom. The summed E-state index contributed by atoms with van der Waals surface area (Å²) < 4.78 is 0. The molecular weight excluding hydrogens is 198 g/mol. The lowest BCUT2D eigenvalue weighted by Gasteiger charge is -2.45. The van der Waals surface area contributed by atoms with Crippen molar-refractivity contribution in [2.24, 2.45) is 0 Å². The van der Waals surface area contributed by atoms with Gasteiger partial charge in [0, 0.05) is 31.2 Å². The third-order valence-corrected chi connectivity index (χ3v) is 3.83. The predicted octanol–water partition coefficient (Wildman–Crippen LogP) is 1.40. The molecule has 0 saturated carbocycles.